The summed E-state index contributed by atoms with van der Waals surface area (Å²) in [5.74, 6) is 1.64. The van der Waals surface area contributed by atoms with Crippen molar-refractivity contribution < 1.29 is 9.47 Å². The highest BCUT2D eigenvalue weighted by molar-refractivity contribution is 7.99. The third kappa shape index (κ3) is 3.44. The number of aryl methyl sites for hydroxylation is 1. The lowest BCUT2D eigenvalue weighted by molar-refractivity contribution is 0.387. The number of hydrogen-bond donors (Lipinski definition) is 0. The molecule has 2 rings (SSSR count). The second-order valence-electron chi connectivity index (χ2n) is 4.12. The molecular formula is C16H18O2S. The lowest BCUT2D eigenvalue weighted by Gasteiger charge is -2.10. The van der Waals surface area contributed by atoms with Crippen LogP contribution >= 0.6 is 11.8 Å². The van der Waals surface area contributed by atoms with E-state index in [1.165, 1.54) is 10.5 Å². The number of ether oxygens (including phenoxy) is 2. The second kappa shape index (κ2) is 6.53. The Balaban J connectivity index is 2.21. The van der Waals surface area contributed by atoms with Gasteiger partial charge in [0.05, 0.1) is 19.1 Å². The summed E-state index contributed by atoms with van der Waals surface area (Å²) in [6.07, 6.45) is 1.07. The van der Waals surface area contributed by atoms with Crippen LogP contribution in [-0.4, -0.2) is 14.2 Å². The summed E-state index contributed by atoms with van der Waals surface area (Å²) in [5, 5.41) is 0. The molecule has 0 aliphatic heterocycles. The van der Waals surface area contributed by atoms with E-state index in [9.17, 15) is 0 Å². The van der Waals surface area contributed by atoms with Gasteiger partial charge < -0.3 is 9.47 Å². The van der Waals surface area contributed by atoms with E-state index in [1.807, 2.05) is 18.2 Å². The molecule has 0 unspecified atom stereocenters. The van der Waals surface area contributed by atoms with Crippen LogP contribution in [0.1, 0.15) is 12.5 Å². The summed E-state index contributed by atoms with van der Waals surface area (Å²) in [6, 6.07) is 14.5. The van der Waals surface area contributed by atoms with Gasteiger partial charge in [0, 0.05) is 11.0 Å². The highest BCUT2D eigenvalue weighted by Crippen LogP contribution is 2.37. The Morgan fingerprint density at radius 2 is 1.68 bits per heavy atom. The minimum absolute atomic E-state index is 0.808. The average molecular weight is 274 g/mol. The van der Waals surface area contributed by atoms with Crippen LogP contribution in [0.15, 0.2) is 52.3 Å². The van der Waals surface area contributed by atoms with E-state index in [1.54, 1.807) is 26.0 Å². The van der Waals surface area contributed by atoms with E-state index >= 15 is 0 Å². The molecule has 100 valence electrons. The molecule has 0 saturated carbocycles. The fourth-order valence-corrected chi connectivity index (χ4v) is 2.68. The van der Waals surface area contributed by atoms with Crippen LogP contribution in [-0.2, 0) is 6.42 Å². The van der Waals surface area contributed by atoms with Crippen molar-refractivity contribution in [3.05, 3.63) is 48.0 Å². The zero-order valence-electron chi connectivity index (χ0n) is 11.5. The Kier molecular flexibility index (Phi) is 4.74. The Bertz CT molecular complexity index is 535. The molecule has 0 bridgehead atoms. The molecule has 2 nitrogen and oxygen atoms in total. The van der Waals surface area contributed by atoms with Gasteiger partial charge in [0.2, 0.25) is 0 Å². The van der Waals surface area contributed by atoms with Gasteiger partial charge in [0.15, 0.2) is 0 Å². The highest BCUT2D eigenvalue weighted by Gasteiger charge is 2.06. The summed E-state index contributed by atoms with van der Waals surface area (Å²) < 4.78 is 10.6. The fraction of sp³-hybridized carbons (Fsp3) is 0.250. The largest absolute Gasteiger partial charge is 0.497 e. The lowest BCUT2D eigenvalue weighted by atomic mass is 10.2. The van der Waals surface area contributed by atoms with Gasteiger partial charge in [0.1, 0.15) is 11.5 Å². The van der Waals surface area contributed by atoms with Gasteiger partial charge in [-0.05, 0) is 36.2 Å². The minimum Gasteiger partial charge on any atom is -0.497 e. The highest BCUT2D eigenvalue weighted by atomic mass is 32.2. The summed E-state index contributed by atoms with van der Waals surface area (Å²) in [7, 11) is 3.34. The normalized spacial score (nSPS) is 10.3. The Hall–Kier alpha value is -1.61. The molecule has 0 spiro atoms. The standard InChI is InChI=1S/C16H18O2S/c1-4-12-5-8-14(9-6-12)19-16-10-7-13(17-2)11-15(16)18-3/h5-11H,4H2,1-3H3. The van der Waals surface area contributed by atoms with Crippen LogP contribution in [0.5, 0.6) is 11.5 Å². The van der Waals surface area contributed by atoms with E-state index in [4.69, 9.17) is 9.47 Å². The van der Waals surface area contributed by atoms with Crippen molar-refractivity contribution in [2.24, 2.45) is 0 Å². The minimum atomic E-state index is 0.808. The molecule has 0 radical (unpaired) electrons. The molecule has 0 aliphatic carbocycles. The van der Waals surface area contributed by atoms with Crippen molar-refractivity contribution >= 4 is 11.8 Å². The first-order chi connectivity index (χ1) is 9.26. The molecule has 2 aromatic rings. The smallest absolute Gasteiger partial charge is 0.136 e. The Morgan fingerprint density at radius 1 is 0.947 bits per heavy atom. The topological polar surface area (TPSA) is 18.5 Å². The van der Waals surface area contributed by atoms with Crippen LogP contribution in [0.4, 0.5) is 0 Å². The maximum absolute atomic E-state index is 5.40. The molecule has 3 heteroatoms. The van der Waals surface area contributed by atoms with E-state index in [-0.39, 0.29) is 0 Å². The van der Waals surface area contributed by atoms with Crippen molar-refractivity contribution in [2.75, 3.05) is 14.2 Å². The average Bonchev–Trinajstić information content (AvgIpc) is 2.48. The molecule has 0 heterocycles. The van der Waals surface area contributed by atoms with Gasteiger partial charge in [-0.15, -0.1) is 0 Å². The van der Waals surface area contributed by atoms with Crippen molar-refractivity contribution in [3.63, 3.8) is 0 Å². The molecule has 0 aromatic heterocycles. The van der Waals surface area contributed by atoms with Crippen LogP contribution < -0.4 is 9.47 Å². The van der Waals surface area contributed by atoms with E-state index < -0.39 is 0 Å². The van der Waals surface area contributed by atoms with Crippen molar-refractivity contribution in [2.45, 2.75) is 23.1 Å². The van der Waals surface area contributed by atoms with Crippen molar-refractivity contribution in [1.29, 1.82) is 0 Å². The first-order valence-electron chi connectivity index (χ1n) is 6.25. The predicted octanol–water partition coefficient (Wildman–Crippen LogP) is 4.42. The van der Waals surface area contributed by atoms with Crippen molar-refractivity contribution in [3.8, 4) is 11.5 Å². The second-order valence-corrected chi connectivity index (χ2v) is 5.23. The molecule has 2 aromatic carbocycles. The van der Waals surface area contributed by atoms with E-state index in [0.29, 0.717) is 0 Å². The van der Waals surface area contributed by atoms with Gasteiger partial charge >= 0.3 is 0 Å². The predicted molar refractivity (Wildman–Crippen MR) is 79.5 cm³/mol. The van der Waals surface area contributed by atoms with Crippen LogP contribution in [0.2, 0.25) is 0 Å². The van der Waals surface area contributed by atoms with E-state index in [2.05, 4.69) is 31.2 Å². The zero-order valence-corrected chi connectivity index (χ0v) is 12.3. The Morgan fingerprint density at radius 3 is 2.26 bits per heavy atom. The number of hydrogen-bond acceptors (Lipinski definition) is 3. The first-order valence-corrected chi connectivity index (χ1v) is 7.07. The summed E-state index contributed by atoms with van der Waals surface area (Å²) in [4.78, 5) is 2.30. The Labute approximate surface area is 118 Å². The summed E-state index contributed by atoms with van der Waals surface area (Å²) >= 11 is 1.70. The monoisotopic (exact) mass is 274 g/mol. The van der Waals surface area contributed by atoms with Gasteiger partial charge in [-0.1, -0.05) is 30.8 Å². The molecule has 0 fully saturated rings. The van der Waals surface area contributed by atoms with Gasteiger partial charge in [-0.2, -0.15) is 0 Å². The zero-order chi connectivity index (χ0) is 13.7. The molecule has 0 amide bonds. The third-order valence-corrected chi connectivity index (χ3v) is 4.00. The third-order valence-electron chi connectivity index (χ3n) is 2.93. The molecule has 0 N–H and O–H groups in total. The quantitative estimate of drug-likeness (QED) is 0.804. The van der Waals surface area contributed by atoms with Crippen LogP contribution in [0, 0.1) is 0 Å². The van der Waals surface area contributed by atoms with E-state index in [0.717, 1.165) is 22.8 Å². The summed E-state index contributed by atoms with van der Waals surface area (Å²) in [6.45, 7) is 2.16. The lowest BCUT2D eigenvalue weighted by Crippen LogP contribution is -1.89. The van der Waals surface area contributed by atoms with Gasteiger partial charge in [0.25, 0.3) is 0 Å². The molecular weight excluding hydrogens is 256 g/mol. The molecule has 0 saturated heterocycles. The maximum atomic E-state index is 5.40. The van der Waals surface area contributed by atoms with Crippen LogP contribution in [0.3, 0.4) is 0 Å². The summed E-state index contributed by atoms with van der Waals surface area (Å²) in [5.41, 5.74) is 1.35. The van der Waals surface area contributed by atoms with Gasteiger partial charge in [-0.25, -0.2) is 0 Å². The number of methoxy groups -OCH3 is 2. The first kappa shape index (κ1) is 13.8. The SMILES string of the molecule is CCc1ccc(Sc2ccc(OC)cc2OC)cc1. The van der Waals surface area contributed by atoms with Crippen molar-refractivity contribution in [1.82, 2.24) is 0 Å². The molecule has 0 aliphatic rings. The number of benzene rings is 2. The fourth-order valence-electron chi connectivity index (χ4n) is 1.78. The molecule has 19 heavy (non-hydrogen) atoms. The van der Waals surface area contributed by atoms with Crippen LogP contribution in [0.25, 0.3) is 0 Å². The molecule has 0 atom stereocenters. The maximum Gasteiger partial charge on any atom is 0.136 e. The number of rotatable bonds is 5. The van der Waals surface area contributed by atoms with Gasteiger partial charge in [-0.3, -0.25) is 0 Å².